The number of thiophene rings is 1. The van der Waals surface area contributed by atoms with Crippen molar-refractivity contribution in [3.63, 3.8) is 0 Å². The Morgan fingerprint density at radius 3 is 3.07 bits per heavy atom. The minimum atomic E-state index is -0.466. The van der Waals surface area contributed by atoms with E-state index in [-0.39, 0.29) is 5.69 Å². The summed E-state index contributed by atoms with van der Waals surface area (Å²) in [5.74, 6) is 0.609. The lowest BCUT2D eigenvalue weighted by Crippen LogP contribution is -2.40. The van der Waals surface area contributed by atoms with Crippen LogP contribution in [0.5, 0.6) is 0 Å². The van der Waals surface area contributed by atoms with Gasteiger partial charge in [-0.05, 0) is 42.5 Å². The van der Waals surface area contributed by atoms with Gasteiger partial charge in [-0.15, -0.1) is 11.3 Å². The fourth-order valence-electron chi connectivity index (χ4n) is 3.54. The molecule has 1 N–H and O–H groups in total. The lowest BCUT2D eigenvalue weighted by molar-refractivity contribution is -0.384. The van der Waals surface area contributed by atoms with Crippen LogP contribution in [-0.4, -0.2) is 33.9 Å². The minimum Gasteiger partial charge on any atom is -0.368 e. The van der Waals surface area contributed by atoms with Crippen molar-refractivity contribution in [2.45, 2.75) is 25.9 Å². The van der Waals surface area contributed by atoms with Crippen LogP contribution in [0.3, 0.4) is 0 Å². The Bertz CT molecular complexity index is 1090. The molecule has 1 atom stereocenters. The Kier molecular flexibility index (Phi) is 4.94. The van der Waals surface area contributed by atoms with E-state index in [1.54, 1.807) is 12.1 Å². The van der Waals surface area contributed by atoms with Crippen molar-refractivity contribution in [3.8, 4) is 6.07 Å². The van der Waals surface area contributed by atoms with Crippen molar-refractivity contribution < 1.29 is 4.92 Å². The molecule has 0 amide bonds. The SMILES string of the molecule is CC(CNc1cc(C#N)c2cc([N+](=O)[O-])ccc2n1)N1CCc2sccc2C1. The van der Waals surface area contributed by atoms with Crippen molar-refractivity contribution in [1.29, 1.82) is 5.26 Å². The second-order valence-electron chi connectivity index (χ2n) is 6.94. The minimum absolute atomic E-state index is 0.0435. The zero-order valence-electron chi connectivity index (χ0n) is 15.4. The van der Waals surface area contributed by atoms with Gasteiger partial charge in [0, 0.05) is 48.1 Å². The molecule has 0 bridgehead atoms. The smallest absolute Gasteiger partial charge is 0.270 e. The van der Waals surface area contributed by atoms with E-state index >= 15 is 0 Å². The molecule has 7 nitrogen and oxygen atoms in total. The van der Waals surface area contributed by atoms with Crippen LogP contribution >= 0.6 is 11.3 Å². The van der Waals surface area contributed by atoms with E-state index < -0.39 is 4.92 Å². The average molecular weight is 393 g/mol. The maximum atomic E-state index is 11.0. The molecular formula is C20H19N5O2S. The van der Waals surface area contributed by atoms with Crippen LogP contribution in [0.25, 0.3) is 10.9 Å². The van der Waals surface area contributed by atoms with Crippen LogP contribution < -0.4 is 5.32 Å². The van der Waals surface area contributed by atoms with Crippen LogP contribution in [-0.2, 0) is 13.0 Å². The summed E-state index contributed by atoms with van der Waals surface area (Å²) in [6.07, 6.45) is 1.09. The number of nitrogens with one attached hydrogen (secondary N) is 1. The number of nitrogens with zero attached hydrogens (tertiary/aromatic N) is 4. The first-order valence-corrected chi connectivity index (χ1v) is 9.95. The Labute approximate surface area is 166 Å². The first-order chi connectivity index (χ1) is 13.5. The molecule has 0 radical (unpaired) electrons. The van der Waals surface area contributed by atoms with E-state index in [0.717, 1.165) is 19.5 Å². The third kappa shape index (κ3) is 3.54. The summed E-state index contributed by atoms with van der Waals surface area (Å²) in [6.45, 7) is 4.88. The fraction of sp³-hybridized carbons (Fsp3) is 0.300. The monoisotopic (exact) mass is 393 g/mol. The van der Waals surface area contributed by atoms with Crippen molar-refractivity contribution in [1.82, 2.24) is 9.88 Å². The quantitative estimate of drug-likeness (QED) is 0.521. The third-order valence-electron chi connectivity index (χ3n) is 5.16. The van der Waals surface area contributed by atoms with Gasteiger partial charge in [0.1, 0.15) is 5.82 Å². The molecule has 2 aromatic heterocycles. The molecule has 0 aliphatic carbocycles. The maximum absolute atomic E-state index is 11.0. The highest BCUT2D eigenvalue weighted by molar-refractivity contribution is 7.10. The van der Waals surface area contributed by atoms with Crippen LogP contribution in [0.4, 0.5) is 11.5 Å². The van der Waals surface area contributed by atoms with Gasteiger partial charge in [0.2, 0.25) is 0 Å². The predicted octanol–water partition coefficient (Wildman–Crippen LogP) is 3.93. The number of anilines is 1. The van der Waals surface area contributed by atoms with Gasteiger partial charge in [0.15, 0.2) is 0 Å². The average Bonchev–Trinajstić information content (AvgIpc) is 3.18. The molecule has 0 spiro atoms. The summed E-state index contributed by atoms with van der Waals surface area (Å²) in [4.78, 5) is 19.0. The first kappa shape index (κ1) is 18.3. The van der Waals surface area contributed by atoms with E-state index in [2.05, 4.69) is 39.6 Å². The highest BCUT2D eigenvalue weighted by Crippen LogP contribution is 2.26. The van der Waals surface area contributed by atoms with Crippen molar-refractivity contribution >= 4 is 33.7 Å². The number of non-ortho nitro benzene ring substituents is 1. The molecule has 4 rings (SSSR count). The molecule has 28 heavy (non-hydrogen) atoms. The number of aromatic nitrogens is 1. The van der Waals surface area contributed by atoms with Crippen molar-refractivity contribution in [2.75, 3.05) is 18.4 Å². The van der Waals surface area contributed by atoms with E-state index in [1.807, 2.05) is 11.3 Å². The number of fused-ring (bicyclic) bond motifs is 2. The molecule has 1 aliphatic rings. The van der Waals surface area contributed by atoms with Crippen LogP contribution in [0, 0.1) is 21.4 Å². The molecule has 0 saturated carbocycles. The lowest BCUT2D eigenvalue weighted by Gasteiger charge is -2.32. The summed E-state index contributed by atoms with van der Waals surface area (Å²) in [7, 11) is 0. The first-order valence-electron chi connectivity index (χ1n) is 9.07. The number of benzene rings is 1. The summed E-state index contributed by atoms with van der Waals surface area (Å²) >= 11 is 1.83. The van der Waals surface area contributed by atoms with Crippen molar-refractivity contribution in [2.24, 2.45) is 0 Å². The van der Waals surface area contributed by atoms with Crippen molar-refractivity contribution in [3.05, 3.63) is 61.8 Å². The molecule has 0 saturated heterocycles. The van der Waals surface area contributed by atoms with Gasteiger partial charge in [-0.1, -0.05) is 0 Å². The van der Waals surface area contributed by atoms with E-state index in [9.17, 15) is 15.4 Å². The largest absolute Gasteiger partial charge is 0.368 e. The molecule has 8 heteroatoms. The number of nitriles is 1. The summed E-state index contributed by atoms with van der Waals surface area (Å²) in [5, 5.41) is 26.4. The predicted molar refractivity (Wildman–Crippen MR) is 109 cm³/mol. The van der Waals surface area contributed by atoms with E-state index in [1.165, 1.54) is 22.6 Å². The number of pyridine rings is 1. The fourth-order valence-corrected chi connectivity index (χ4v) is 4.43. The molecule has 0 fully saturated rings. The topological polar surface area (TPSA) is 95.1 Å². The van der Waals surface area contributed by atoms with Crippen LogP contribution in [0.1, 0.15) is 22.9 Å². The van der Waals surface area contributed by atoms with Crippen LogP contribution in [0.2, 0.25) is 0 Å². The number of hydrogen-bond donors (Lipinski definition) is 1. The Morgan fingerprint density at radius 1 is 1.43 bits per heavy atom. The number of rotatable bonds is 5. The van der Waals surface area contributed by atoms with Gasteiger partial charge in [0.05, 0.1) is 22.1 Å². The normalized spacial score (nSPS) is 15.0. The molecule has 1 aromatic carbocycles. The molecule has 142 valence electrons. The molecule has 3 heterocycles. The highest BCUT2D eigenvalue weighted by Gasteiger charge is 2.21. The van der Waals surface area contributed by atoms with Gasteiger partial charge >= 0.3 is 0 Å². The van der Waals surface area contributed by atoms with Gasteiger partial charge in [-0.3, -0.25) is 15.0 Å². The zero-order chi connectivity index (χ0) is 19.7. The zero-order valence-corrected chi connectivity index (χ0v) is 16.2. The number of hydrogen-bond acceptors (Lipinski definition) is 7. The summed E-state index contributed by atoms with van der Waals surface area (Å²) in [5.41, 5.74) is 2.32. The lowest BCUT2D eigenvalue weighted by atomic mass is 10.1. The molecular weight excluding hydrogens is 374 g/mol. The number of nitro benzene ring substituents is 1. The second-order valence-corrected chi connectivity index (χ2v) is 7.95. The van der Waals surface area contributed by atoms with Crippen LogP contribution in [0.15, 0.2) is 35.7 Å². The van der Waals surface area contributed by atoms with E-state index in [0.29, 0.717) is 34.9 Å². The van der Waals surface area contributed by atoms with Gasteiger partial charge in [-0.25, -0.2) is 4.98 Å². The molecule has 1 unspecified atom stereocenters. The Morgan fingerprint density at radius 2 is 2.29 bits per heavy atom. The van der Waals surface area contributed by atoms with E-state index in [4.69, 9.17) is 0 Å². The van der Waals surface area contributed by atoms with Gasteiger partial charge in [-0.2, -0.15) is 5.26 Å². The number of nitro groups is 1. The van der Waals surface area contributed by atoms with Gasteiger partial charge < -0.3 is 5.32 Å². The molecule has 1 aliphatic heterocycles. The highest BCUT2D eigenvalue weighted by atomic mass is 32.1. The second kappa shape index (κ2) is 7.54. The third-order valence-corrected chi connectivity index (χ3v) is 6.19. The standard InChI is InChI=1S/C20H19N5O2S/c1-13(24-6-4-19-14(12-24)5-7-28-19)11-22-20-8-15(10-21)17-9-16(25(26)27)2-3-18(17)23-20/h2-3,5,7-9,13H,4,6,11-12H2,1H3,(H,22,23). The Hall–Kier alpha value is -3.02. The van der Waals surface area contributed by atoms with Gasteiger partial charge in [0.25, 0.3) is 5.69 Å². The Balaban J connectivity index is 1.50. The maximum Gasteiger partial charge on any atom is 0.270 e. The summed E-state index contributed by atoms with van der Waals surface area (Å²) < 4.78 is 0. The summed E-state index contributed by atoms with van der Waals surface area (Å²) in [6, 6.07) is 10.7. The molecule has 3 aromatic rings.